The van der Waals surface area contributed by atoms with Crippen molar-refractivity contribution in [2.24, 2.45) is 0 Å². The molecule has 7 heteroatoms. The third-order valence-electron chi connectivity index (χ3n) is 3.50. The van der Waals surface area contributed by atoms with Crippen LogP contribution in [0.15, 0.2) is 30.9 Å². The minimum absolute atomic E-state index is 0.243. The van der Waals surface area contributed by atoms with Crippen molar-refractivity contribution in [3.05, 3.63) is 36.4 Å². The highest BCUT2D eigenvalue weighted by Gasteiger charge is 2.50. The van der Waals surface area contributed by atoms with E-state index in [1.54, 1.807) is 39.3 Å². The van der Waals surface area contributed by atoms with Crippen LogP contribution < -0.4 is 25.8 Å². The molecule has 1 aromatic carbocycles. The van der Waals surface area contributed by atoms with Gasteiger partial charge in [0.1, 0.15) is 5.69 Å². The second kappa shape index (κ2) is 5.65. The molecule has 0 saturated heterocycles. The predicted molar refractivity (Wildman–Crippen MR) is 78.6 cm³/mol. The standard InChI is InChI=1S/C14H18N4O3/c1-5-11(19)21-10-8-6-7-9-12(10)18(17-4)13(20)14(9,15-2)16-3/h5-8,15-17H,1H2,2-4H3. The van der Waals surface area contributed by atoms with Gasteiger partial charge in [-0.1, -0.05) is 18.7 Å². The summed E-state index contributed by atoms with van der Waals surface area (Å²) in [5.41, 5.74) is 2.89. The van der Waals surface area contributed by atoms with Crippen molar-refractivity contribution in [1.29, 1.82) is 0 Å². The molecular weight excluding hydrogens is 272 g/mol. The van der Waals surface area contributed by atoms with Crippen molar-refractivity contribution in [3.8, 4) is 5.75 Å². The molecule has 0 fully saturated rings. The van der Waals surface area contributed by atoms with Crippen LogP contribution in [0.5, 0.6) is 5.75 Å². The summed E-state index contributed by atoms with van der Waals surface area (Å²) in [7, 11) is 4.98. The fraction of sp³-hybridized carbons (Fsp3) is 0.286. The zero-order chi connectivity index (χ0) is 15.6. The van der Waals surface area contributed by atoms with E-state index in [0.717, 1.165) is 6.08 Å². The van der Waals surface area contributed by atoms with Gasteiger partial charge >= 0.3 is 5.97 Å². The number of carbonyl (C=O) groups excluding carboxylic acids is 2. The molecule has 0 bridgehead atoms. The van der Waals surface area contributed by atoms with Gasteiger partial charge in [-0.2, -0.15) is 0 Å². The molecule has 0 radical (unpaired) electrons. The Balaban J connectivity index is 2.64. The van der Waals surface area contributed by atoms with Crippen LogP contribution in [0.2, 0.25) is 0 Å². The predicted octanol–water partition coefficient (Wildman–Crippen LogP) is -0.149. The number of para-hydroxylation sites is 1. The zero-order valence-corrected chi connectivity index (χ0v) is 12.2. The van der Waals surface area contributed by atoms with E-state index in [-0.39, 0.29) is 11.7 Å². The minimum atomic E-state index is -1.07. The van der Waals surface area contributed by atoms with Gasteiger partial charge < -0.3 is 4.74 Å². The molecule has 2 rings (SSSR count). The van der Waals surface area contributed by atoms with E-state index in [1.807, 2.05) is 0 Å². The van der Waals surface area contributed by atoms with Crippen LogP contribution >= 0.6 is 0 Å². The number of anilines is 1. The van der Waals surface area contributed by atoms with Crippen molar-refractivity contribution >= 4 is 17.6 Å². The van der Waals surface area contributed by atoms with E-state index >= 15 is 0 Å². The van der Waals surface area contributed by atoms with Crippen LogP contribution in [-0.4, -0.2) is 33.0 Å². The largest absolute Gasteiger partial charge is 0.421 e. The highest BCUT2D eigenvalue weighted by atomic mass is 16.5. The fourth-order valence-electron chi connectivity index (χ4n) is 2.49. The lowest BCUT2D eigenvalue weighted by atomic mass is 10.0. The maximum atomic E-state index is 12.7. The molecule has 0 unspecified atom stereocenters. The minimum Gasteiger partial charge on any atom is -0.421 e. The number of ether oxygens (including phenoxy) is 1. The van der Waals surface area contributed by atoms with E-state index in [0.29, 0.717) is 11.3 Å². The molecule has 1 amide bonds. The van der Waals surface area contributed by atoms with Gasteiger partial charge in [0.15, 0.2) is 11.4 Å². The molecule has 0 aliphatic carbocycles. The number of carbonyl (C=O) groups is 2. The number of rotatable bonds is 5. The van der Waals surface area contributed by atoms with Crippen molar-refractivity contribution in [2.45, 2.75) is 5.66 Å². The quantitative estimate of drug-likeness (QED) is 0.303. The lowest BCUT2D eigenvalue weighted by molar-refractivity contribution is -0.129. The first kappa shape index (κ1) is 15.2. The molecular formula is C14H18N4O3. The molecule has 112 valence electrons. The fourth-order valence-corrected chi connectivity index (χ4v) is 2.49. The van der Waals surface area contributed by atoms with E-state index in [9.17, 15) is 9.59 Å². The third-order valence-corrected chi connectivity index (χ3v) is 3.50. The zero-order valence-electron chi connectivity index (χ0n) is 12.2. The number of amides is 1. The number of hydrogen-bond donors (Lipinski definition) is 3. The summed E-state index contributed by atoms with van der Waals surface area (Å²) < 4.78 is 5.22. The Kier molecular flexibility index (Phi) is 4.08. The van der Waals surface area contributed by atoms with Gasteiger partial charge in [-0.05, 0) is 20.2 Å². The van der Waals surface area contributed by atoms with Crippen LogP contribution in [0.4, 0.5) is 5.69 Å². The van der Waals surface area contributed by atoms with Gasteiger partial charge in [-0.3, -0.25) is 15.4 Å². The van der Waals surface area contributed by atoms with Crippen molar-refractivity contribution < 1.29 is 14.3 Å². The lowest BCUT2D eigenvalue weighted by Gasteiger charge is -2.27. The molecule has 0 atom stereocenters. The number of esters is 1. The summed E-state index contributed by atoms with van der Waals surface area (Å²) >= 11 is 0. The van der Waals surface area contributed by atoms with Gasteiger partial charge in [-0.25, -0.2) is 15.2 Å². The molecule has 3 N–H and O–H groups in total. The number of fused-ring (bicyclic) bond motifs is 1. The first-order valence-electron chi connectivity index (χ1n) is 6.43. The molecule has 7 nitrogen and oxygen atoms in total. The van der Waals surface area contributed by atoms with Gasteiger partial charge in [0, 0.05) is 18.7 Å². The summed E-state index contributed by atoms with van der Waals surface area (Å²) in [6.07, 6.45) is 1.07. The lowest BCUT2D eigenvalue weighted by Crippen LogP contribution is -2.59. The van der Waals surface area contributed by atoms with Gasteiger partial charge in [0.2, 0.25) is 0 Å². The monoisotopic (exact) mass is 290 g/mol. The Morgan fingerprint density at radius 2 is 2.00 bits per heavy atom. The molecule has 0 spiro atoms. The molecule has 1 aliphatic heterocycles. The molecule has 0 aromatic heterocycles. The van der Waals surface area contributed by atoms with Crippen LogP contribution in [0.25, 0.3) is 0 Å². The molecule has 1 aromatic rings. The third kappa shape index (κ3) is 2.11. The van der Waals surface area contributed by atoms with E-state index in [1.165, 1.54) is 5.01 Å². The SMILES string of the molecule is C=CC(=O)Oc1cccc2c1N(NC)C(=O)C2(NC)NC. The second-order valence-corrected chi connectivity index (χ2v) is 4.39. The second-order valence-electron chi connectivity index (χ2n) is 4.39. The van der Waals surface area contributed by atoms with Gasteiger partial charge in [0.25, 0.3) is 5.91 Å². The normalized spacial score (nSPS) is 15.8. The molecule has 1 aliphatic rings. The van der Waals surface area contributed by atoms with Gasteiger partial charge in [0.05, 0.1) is 0 Å². The average Bonchev–Trinajstić information content (AvgIpc) is 2.76. The number of hydrazine groups is 1. The van der Waals surface area contributed by atoms with Crippen LogP contribution in [0.3, 0.4) is 0 Å². The number of likely N-dealkylation sites (N-methyl/N-ethyl adjacent to an activating group) is 2. The Morgan fingerprint density at radius 3 is 2.52 bits per heavy atom. The first-order valence-corrected chi connectivity index (χ1v) is 6.43. The van der Waals surface area contributed by atoms with Crippen molar-refractivity contribution in [3.63, 3.8) is 0 Å². The highest BCUT2D eigenvalue weighted by molar-refractivity contribution is 6.08. The summed E-state index contributed by atoms with van der Waals surface area (Å²) in [5, 5.41) is 7.32. The van der Waals surface area contributed by atoms with E-state index in [2.05, 4.69) is 22.6 Å². The smallest absolute Gasteiger partial charge is 0.335 e. The number of nitrogens with one attached hydrogen (secondary N) is 3. The average molecular weight is 290 g/mol. The number of benzene rings is 1. The maximum absolute atomic E-state index is 12.7. The Hall–Kier alpha value is -2.22. The van der Waals surface area contributed by atoms with Crippen LogP contribution in [0.1, 0.15) is 5.56 Å². The topological polar surface area (TPSA) is 82.7 Å². The maximum Gasteiger partial charge on any atom is 0.335 e. The molecule has 0 saturated carbocycles. The van der Waals surface area contributed by atoms with Crippen molar-refractivity contribution in [1.82, 2.24) is 16.1 Å². The number of nitrogens with zero attached hydrogens (tertiary/aromatic N) is 1. The van der Waals surface area contributed by atoms with E-state index < -0.39 is 11.6 Å². The summed E-state index contributed by atoms with van der Waals surface area (Å²) in [6.45, 7) is 3.37. The van der Waals surface area contributed by atoms with Gasteiger partial charge in [-0.15, -0.1) is 0 Å². The van der Waals surface area contributed by atoms with Crippen LogP contribution in [-0.2, 0) is 15.3 Å². The van der Waals surface area contributed by atoms with E-state index in [4.69, 9.17) is 4.74 Å². The summed E-state index contributed by atoms with van der Waals surface area (Å²) in [5.74, 6) is -0.544. The summed E-state index contributed by atoms with van der Waals surface area (Å²) in [6, 6.07) is 5.14. The Bertz CT molecular complexity index is 596. The Morgan fingerprint density at radius 1 is 1.33 bits per heavy atom. The highest BCUT2D eigenvalue weighted by Crippen LogP contribution is 2.43. The van der Waals surface area contributed by atoms with Crippen molar-refractivity contribution in [2.75, 3.05) is 26.2 Å². The van der Waals surface area contributed by atoms with Crippen LogP contribution in [0, 0.1) is 0 Å². The molecule has 21 heavy (non-hydrogen) atoms. The first-order chi connectivity index (χ1) is 10.1. The molecule has 1 heterocycles. The number of hydrogen-bond acceptors (Lipinski definition) is 6. The Labute approximate surface area is 122 Å². The summed E-state index contributed by atoms with van der Waals surface area (Å²) in [4.78, 5) is 24.1.